The maximum absolute atomic E-state index is 5.92. The lowest BCUT2D eigenvalue weighted by Gasteiger charge is -2.25. The number of hydrogen-bond acceptors (Lipinski definition) is 4. The molecule has 2 aromatic carbocycles. The van der Waals surface area contributed by atoms with Crippen molar-refractivity contribution >= 4 is 51.8 Å². The van der Waals surface area contributed by atoms with Crippen molar-refractivity contribution in [2.45, 2.75) is 13.3 Å². The van der Waals surface area contributed by atoms with Crippen molar-refractivity contribution in [1.82, 2.24) is 9.97 Å². The van der Waals surface area contributed by atoms with E-state index < -0.39 is 0 Å². The van der Waals surface area contributed by atoms with Crippen LogP contribution in [0.5, 0.6) is 5.75 Å². The van der Waals surface area contributed by atoms with Crippen molar-refractivity contribution in [2.24, 2.45) is 4.99 Å². The van der Waals surface area contributed by atoms with Crippen molar-refractivity contribution < 1.29 is 4.74 Å². The fraction of sp³-hybridized carbons (Fsp3) is 0.333. The van der Waals surface area contributed by atoms with Crippen LogP contribution in [0.3, 0.4) is 0 Å². The van der Waals surface area contributed by atoms with E-state index in [-0.39, 0.29) is 0 Å². The molecule has 0 saturated carbocycles. The van der Waals surface area contributed by atoms with Gasteiger partial charge in [-0.15, -0.1) is 23.2 Å². The van der Waals surface area contributed by atoms with Gasteiger partial charge in [-0.1, -0.05) is 13.0 Å². The molecular formula is C21H24Cl2N4O. The average Bonchev–Trinajstić information content (AvgIpc) is 3.14. The number of ether oxygens (including phenoxy) is 1. The molecule has 0 spiro atoms. The van der Waals surface area contributed by atoms with Crippen molar-refractivity contribution in [3.05, 3.63) is 47.8 Å². The molecule has 0 aliphatic carbocycles. The minimum atomic E-state index is 0.527. The molecule has 0 aliphatic rings. The highest BCUT2D eigenvalue weighted by Crippen LogP contribution is 2.29. The van der Waals surface area contributed by atoms with Gasteiger partial charge in [0, 0.05) is 37.5 Å². The van der Waals surface area contributed by atoms with E-state index in [1.807, 2.05) is 42.6 Å². The first-order valence-corrected chi connectivity index (χ1v) is 10.3. The highest BCUT2D eigenvalue weighted by molar-refractivity contribution is 6.18. The first-order chi connectivity index (χ1) is 13.7. The zero-order valence-electron chi connectivity index (χ0n) is 16.1. The first-order valence-electron chi connectivity index (χ1n) is 9.26. The van der Waals surface area contributed by atoms with Crippen LogP contribution in [0.2, 0.25) is 0 Å². The fourth-order valence-electron chi connectivity index (χ4n) is 3.04. The monoisotopic (exact) mass is 418 g/mol. The number of aryl methyl sites for hydroxylation is 1. The molecule has 28 heavy (non-hydrogen) atoms. The minimum absolute atomic E-state index is 0.527. The normalized spacial score (nSPS) is 11.4. The zero-order chi connectivity index (χ0) is 19.9. The maximum atomic E-state index is 5.92. The predicted molar refractivity (Wildman–Crippen MR) is 119 cm³/mol. The van der Waals surface area contributed by atoms with Gasteiger partial charge in [-0.3, -0.25) is 4.99 Å². The number of aromatic amines is 1. The summed E-state index contributed by atoms with van der Waals surface area (Å²) in [5, 5.41) is 0. The molecule has 0 aliphatic heterocycles. The Bertz CT molecular complexity index is 949. The number of methoxy groups -OCH3 is 1. The molecule has 3 aromatic rings. The Labute approximate surface area is 175 Å². The SMILES string of the molecule is CCc1nc2ccc(N=Cc3ccc(N(CCCl)CCCl)c(OC)c3)cc2[nH]1. The van der Waals surface area contributed by atoms with E-state index in [0.29, 0.717) is 24.8 Å². The van der Waals surface area contributed by atoms with Gasteiger partial charge < -0.3 is 14.6 Å². The van der Waals surface area contributed by atoms with Gasteiger partial charge >= 0.3 is 0 Å². The van der Waals surface area contributed by atoms with Crippen LogP contribution in [-0.4, -0.2) is 48.1 Å². The second-order valence-corrected chi connectivity index (χ2v) is 7.05. The Morgan fingerprint density at radius 3 is 2.61 bits per heavy atom. The molecule has 0 bridgehead atoms. The molecule has 1 heterocycles. The standard InChI is InChI=1S/C21H24Cl2N4O/c1-3-21-25-17-6-5-16(13-18(17)26-21)24-14-15-4-7-19(20(12-15)28-2)27(10-8-22)11-9-23/h4-7,12-14H,3,8-11H2,1-2H3,(H,25,26). The highest BCUT2D eigenvalue weighted by Gasteiger charge is 2.12. The molecule has 0 radical (unpaired) electrons. The molecule has 0 saturated heterocycles. The number of H-pyrrole nitrogens is 1. The summed E-state index contributed by atoms with van der Waals surface area (Å²) in [5.41, 5.74) is 4.76. The Kier molecular flexibility index (Phi) is 7.18. The smallest absolute Gasteiger partial charge is 0.142 e. The maximum Gasteiger partial charge on any atom is 0.142 e. The number of halogens is 2. The van der Waals surface area contributed by atoms with Crippen LogP contribution in [0.25, 0.3) is 11.0 Å². The number of aliphatic imine (C=N–C) groups is 1. The number of nitrogens with one attached hydrogen (secondary N) is 1. The third-order valence-corrected chi connectivity index (χ3v) is 4.80. The van der Waals surface area contributed by atoms with E-state index >= 15 is 0 Å². The summed E-state index contributed by atoms with van der Waals surface area (Å²) in [6.07, 6.45) is 2.71. The van der Waals surface area contributed by atoms with Crippen LogP contribution in [0.15, 0.2) is 41.4 Å². The molecule has 1 aromatic heterocycles. The molecule has 3 rings (SSSR count). The first kappa shape index (κ1) is 20.5. The van der Waals surface area contributed by atoms with Gasteiger partial charge in [0.1, 0.15) is 11.6 Å². The quantitative estimate of drug-likeness (QED) is 0.385. The summed E-state index contributed by atoms with van der Waals surface area (Å²) in [6, 6.07) is 12.0. The molecule has 7 heteroatoms. The van der Waals surface area contributed by atoms with E-state index in [0.717, 1.165) is 46.0 Å². The number of nitrogens with zero attached hydrogens (tertiary/aromatic N) is 3. The number of anilines is 1. The average molecular weight is 419 g/mol. The third-order valence-electron chi connectivity index (χ3n) is 4.47. The van der Waals surface area contributed by atoms with E-state index in [4.69, 9.17) is 27.9 Å². The molecule has 5 nitrogen and oxygen atoms in total. The summed E-state index contributed by atoms with van der Waals surface area (Å²) < 4.78 is 5.58. The highest BCUT2D eigenvalue weighted by atomic mass is 35.5. The Balaban J connectivity index is 1.83. The summed E-state index contributed by atoms with van der Waals surface area (Å²) in [4.78, 5) is 14.6. The Morgan fingerprint density at radius 1 is 1.14 bits per heavy atom. The van der Waals surface area contributed by atoms with Gasteiger partial charge in [0.15, 0.2) is 0 Å². The molecule has 0 fully saturated rings. The number of aromatic nitrogens is 2. The van der Waals surface area contributed by atoms with Crippen LogP contribution in [0, 0.1) is 0 Å². The summed E-state index contributed by atoms with van der Waals surface area (Å²) >= 11 is 11.8. The van der Waals surface area contributed by atoms with Gasteiger partial charge in [-0.2, -0.15) is 0 Å². The third kappa shape index (κ3) is 4.78. The second kappa shape index (κ2) is 9.80. The van der Waals surface area contributed by atoms with Crippen molar-refractivity contribution in [2.75, 3.05) is 36.9 Å². The summed E-state index contributed by atoms with van der Waals surface area (Å²) in [7, 11) is 1.66. The van der Waals surface area contributed by atoms with Crippen LogP contribution >= 0.6 is 23.2 Å². The lowest BCUT2D eigenvalue weighted by Crippen LogP contribution is -2.28. The van der Waals surface area contributed by atoms with E-state index in [1.54, 1.807) is 7.11 Å². The van der Waals surface area contributed by atoms with Crippen LogP contribution in [0.4, 0.5) is 11.4 Å². The number of imidazole rings is 1. The Morgan fingerprint density at radius 2 is 1.93 bits per heavy atom. The molecule has 0 unspecified atom stereocenters. The molecule has 1 N–H and O–H groups in total. The second-order valence-electron chi connectivity index (χ2n) is 6.29. The lowest BCUT2D eigenvalue weighted by atomic mass is 10.2. The largest absolute Gasteiger partial charge is 0.495 e. The summed E-state index contributed by atoms with van der Waals surface area (Å²) in [6.45, 7) is 3.50. The van der Waals surface area contributed by atoms with Gasteiger partial charge in [0.05, 0.1) is 29.5 Å². The number of alkyl halides is 2. The topological polar surface area (TPSA) is 53.5 Å². The predicted octanol–water partition coefficient (Wildman–Crippen LogP) is 5.17. The zero-order valence-corrected chi connectivity index (χ0v) is 17.6. The summed E-state index contributed by atoms with van der Waals surface area (Å²) in [5.74, 6) is 2.81. The van der Waals surface area contributed by atoms with E-state index in [9.17, 15) is 0 Å². The minimum Gasteiger partial charge on any atom is -0.495 e. The molecule has 148 valence electrons. The van der Waals surface area contributed by atoms with E-state index in [1.165, 1.54) is 0 Å². The van der Waals surface area contributed by atoms with Crippen molar-refractivity contribution in [3.63, 3.8) is 0 Å². The molecular weight excluding hydrogens is 395 g/mol. The van der Waals surface area contributed by atoms with Gasteiger partial charge in [0.2, 0.25) is 0 Å². The van der Waals surface area contributed by atoms with Gasteiger partial charge in [0.25, 0.3) is 0 Å². The van der Waals surface area contributed by atoms with Crippen molar-refractivity contribution in [1.29, 1.82) is 0 Å². The van der Waals surface area contributed by atoms with Gasteiger partial charge in [-0.25, -0.2) is 4.98 Å². The van der Waals surface area contributed by atoms with Crippen LogP contribution in [-0.2, 0) is 6.42 Å². The fourth-order valence-corrected chi connectivity index (χ4v) is 3.45. The number of fused-ring (bicyclic) bond motifs is 1. The number of hydrogen-bond donors (Lipinski definition) is 1. The van der Waals surface area contributed by atoms with E-state index in [2.05, 4.69) is 26.8 Å². The Hall–Kier alpha value is -2.24. The van der Waals surface area contributed by atoms with Crippen LogP contribution in [0.1, 0.15) is 18.3 Å². The van der Waals surface area contributed by atoms with Gasteiger partial charge in [-0.05, 0) is 35.9 Å². The number of rotatable bonds is 9. The number of benzene rings is 2. The lowest BCUT2D eigenvalue weighted by molar-refractivity contribution is 0.414. The van der Waals surface area contributed by atoms with Crippen molar-refractivity contribution in [3.8, 4) is 5.75 Å². The molecule has 0 atom stereocenters. The van der Waals surface area contributed by atoms with Crippen LogP contribution < -0.4 is 9.64 Å². The molecule has 0 amide bonds.